The molecule has 0 bridgehead atoms. The Labute approximate surface area is 92.5 Å². The van der Waals surface area contributed by atoms with Gasteiger partial charge < -0.3 is 4.98 Å². The lowest BCUT2D eigenvalue weighted by Gasteiger charge is -2.08. The van der Waals surface area contributed by atoms with Crippen molar-refractivity contribution in [2.75, 3.05) is 0 Å². The number of rotatable bonds is 2. The van der Waals surface area contributed by atoms with E-state index in [4.69, 9.17) is 0 Å². The molecular weight excluding hydrogens is 182 g/mol. The quantitative estimate of drug-likeness (QED) is 0.727. The molecule has 1 aromatic carbocycles. The average Bonchev–Trinajstić information content (AvgIpc) is 2.77. The van der Waals surface area contributed by atoms with E-state index in [0.717, 1.165) is 0 Å². The minimum absolute atomic E-state index is 0.660. The third-order valence-electron chi connectivity index (χ3n) is 2.76. The van der Waals surface area contributed by atoms with Crippen molar-refractivity contribution in [2.24, 2.45) is 0 Å². The number of nitrogens with one attached hydrogen (secondary N) is 1. The molecule has 1 atom stereocenters. The predicted octanol–water partition coefficient (Wildman–Crippen LogP) is 4.71. The van der Waals surface area contributed by atoms with Crippen molar-refractivity contribution in [2.45, 2.75) is 40.0 Å². The van der Waals surface area contributed by atoms with Gasteiger partial charge in [0.2, 0.25) is 0 Å². The van der Waals surface area contributed by atoms with E-state index in [1.807, 2.05) is 20.0 Å². The van der Waals surface area contributed by atoms with Gasteiger partial charge in [0, 0.05) is 11.7 Å². The Morgan fingerprint density at radius 1 is 1.20 bits per heavy atom. The van der Waals surface area contributed by atoms with Crippen molar-refractivity contribution in [3.63, 3.8) is 0 Å². The second kappa shape index (κ2) is 5.59. The van der Waals surface area contributed by atoms with E-state index >= 15 is 0 Å². The molecule has 1 heteroatoms. The Balaban J connectivity index is 0.000000531. The van der Waals surface area contributed by atoms with Crippen molar-refractivity contribution in [1.82, 2.24) is 4.98 Å². The van der Waals surface area contributed by atoms with Gasteiger partial charge in [0.15, 0.2) is 0 Å². The Morgan fingerprint density at radius 2 is 1.93 bits per heavy atom. The van der Waals surface area contributed by atoms with Crippen molar-refractivity contribution >= 4 is 10.9 Å². The molecule has 15 heavy (non-hydrogen) atoms. The van der Waals surface area contributed by atoms with E-state index in [9.17, 15) is 0 Å². The average molecular weight is 203 g/mol. The van der Waals surface area contributed by atoms with Gasteiger partial charge in [-0.15, -0.1) is 0 Å². The van der Waals surface area contributed by atoms with E-state index < -0.39 is 0 Å². The van der Waals surface area contributed by atoms with Crippen molar-refractivity contribution in [3.05, 3.63) is 36.0 Å². The van der Waals surface area contributed by atoms with Crippen LogP contribution in [0.25, 0.3) is 10.9 Å². The summed E-state index contributed by atoms with van der Waals surface area (Å²) in [5, 5.41) is 1.30. The van der Waals surface area contributed by atoms with Crippen LogP contribution >= 0.6 is 0 Å². The maximum atomic E-state index is 3.24. The monoisotopic (exact) mass is 203 g/mol. The summed E-state index contributed by atoms with van der Waals surface area (Å²) in [5.41, 5.74) is 2.68. The van der Waals surface area contributed by atoms with Crippen LogP contribution in [0, 0.1) is 0 Å². The number of fused-ring (bicyclic) bond motifs is 1. The van der Waals surface area contributed by atoms with Gasteiger partial charge in [-0.1, -0.05) is 39.8 Å². The molecule has 0 radical (unpaired) electrons. The molecule has 0 aliphatic heterocycles. The normalized spacial score (nSPS) is 12.0. The molecule has 0 aliphatic rings. The van der Waals surface area contributed by atoms with Crippen LogP contribution < -0.4 is 0 Å². The van der Waals surface area contributed by atoms with Gasteiger partial charge in [-0.25, -0.2) is 0 Å². The van der Waals surface area contributed by atoms with Crippen LogP contribution in [0.2, 0.25) is 0 Å². The molecular formula is C14H21N. The molecule has 0 saturated carbocycles. The molecule has 2 rings (SSSR count). The zero-order valence-corrected chi connectivity index (χ0v) is 10.2. The molecule has 1 N–H and O–H groups in total. The summed E-state index contributed by atoms with van der Waals surface area (Å²) in [7, 11) is 0. The third kappa shape index (κ3) is 2.62. The first-order valence-corrected chi connectivity index (χ1v) is 5.88. The molecule has 0 amide bonds. The number of hydrogen-bond acceptors (Lipinski definition) is 0. The van der Waals surface area contributed by atoms with Gasteiger partial charge in [-0.3, -0.25) is 0 Å². The van der Waals surface area contributed by atoms with Crippen LogP contribution in [0.15, 0.2) is 30.5 Å². The molecule has 0 saturated heterocycles. The van der Waals surface area contributed by atoms with Gasteiger partial charge in [0.1, 0.15) is 0 Å². The molecule has 0 aliphatic carbocycles. The van der Waals surface area contributed by atoms with Crippen LogP contribution in [0.1, 0.15) is 45.6 Å². The van der Waals surface area contributed by atoms with Gasteiger partial charge in [-0.05, 0) is 35.4 Å². The maximum absolute atomic E-state index is 3.24. The lowest BCUT2D eigenvalue weighted by molar-refractivity contribution is 0.734. The number of aromatic amines is 1. The fourth-order valence-corrected chi connectivity index (χ4v) is 1.61. The summed E-state index contributed by atoms with van der Waals surface area (Å²) < 4.78 is 0. The SMILES string of the molecule is CC.CCC(C)c1ccc2cc[nH]c2c1. The van der Waals surface area contributed by atoms with Crippen molar-refractivity contribution in [1.29, 1.82) is 0 Å². The summed E-state index contributed by atoms with van der Waals surface area (Å²) in [6.07, 6.45) is 3.19. The summed E-state index contributed by atoms with van der Waals surface area (Å²) in [5.74, 6) is 0.660. The molecule has 82 valence electrons. The van der Waals surface area contributed by atoms with E-state index in [2.05, 4.69) is 43.1 Å². The highest BCUT2D eigenvalue weighted by molar-refractivity contribution is 5.79. The second-order valence-electron chi connectivity index (χ2n) is 3.63. The molecule has 0 spiro atoms. The molecule has 1 heterocycles. The largest absolute Gasteiger partial charge is 0.361 e. The van der Waals surface area contributed by atoms with E-state index in [1.165, 1.54) is 22.9 Å². The Kier molecular flexibility index (Phi) is 4.41. The summed E-state index contributed by atoms with van der Waals surface area (Å²) in [4.78, 5) is 3.24. The number of aromatic nitrogens is 1. The molecule has 1 unspecified atom stereocenters. The Hall–Kier alpha value is -1.24. The van der Waals surface area contributed by atoms with Crippen LogP contribution in [0.3, 0.4) is 0 Å². The van der Waals surface area contributed by atoms with E-state index in [1.54, 1.807) is 0 Å². The summed E-state index contributed by atoms with van der Waals surface area (Å²) >= 11 is 0. The fourth-order valence-electron chi connectivity index (χ4n) is 1.61. The van der Waals surface area contributed by atoms with Crippen LogP contribution in [-0.2, 0) is 0 Å². The smallest absolute Gasteiger partial charge is 0.0456 e. The highest BCUT2D eigenvalue weighted by atomic mass is 14.7. The molecule has 1 nitrogen and oxygen atoms in total. The van der Waals surface area contributed by atoms with Crippen molar-refractivity contribution in [3.8, 4) is 0 Å². The second-order valence-corrected chi connectivity index (χ2v) is 3.63. The van der Waals surface area contributed by atoms with Gasteiger partial charge >= 0.3 is 0 Å². The van der Waals surface area contributed by atoms with Crippen molar-refractivity contribution < 1.29 is 0 Å². The number of hydrogen-bond donors (Lipinski definition) is 1. The first-order chi connectivity index (χ1) is 7.31. The third-order valence-corrected chi connectivity index (χ3v) is 2.76. The predicted molar refractivity (Wildman–Crippen MR) is 68.4 cm³/mol. The first kappa shape index (κ1) is 11.8. The highest BCUT2D eigenvalue weighted by Gasteiger charge is 2.03. The fraction of sp³-hybridized carbons (Fsp3) is 0.429. The zero-order chi connectivity index (χ0) is 11.3. The van der Waals surface area contributed by atoms with Crippen LogP contribution in [0.4, 0.5) is 0 Å². The Bertz CT molecular complexity index is 400. The summed E-state index contributed by atoms with van der Waals surface area (Å²) in [6.45, 7) is 8.49. The minimum atomic E-state index is 0.660. The number of benzene rings is 1. The standard InChI is InChI=1S/C12H15N.C2H6/c1-3-9(2)11-5-4-10-6-7-13-12(10)8-11;1-2/h4-9,13H,3H2,1-2H3;1-2H3. The highest BCUT2D eigenvalue weighted by Crippen LogP contribution is 2.22. The van der Waals surface area contributed by atoms with Crippen LogP contribution in [-0.4, -0.2) is 4.98 Å². The van der Waals surface area contributed by atoms with Gasteiger partial charge in [-0.2, -0.15) is 0 Å². The lowest BCUT2D eigenvalue weighted by Crippen LogP contribution is -1.90. The molecule has 1 aromatic heterocycles. The molecule has 2 aromatic rings. The summed E-state index contributed by atoms with van der Waals surface area (Å²) in [6, 6.07) is 8.77. The molecule has 0 fully saturated rings. The van der Waals surface area contributed by atoms with Crippen LogP contribution in [0.5, 0.6) is 0 Å². The lowest BCUT2D eigenvalue weighted by atomic mass is 9.98. The van der Waals surface area contributed by atoms with Gasteiger partial charge in [0.05, 0.1) is 0 Å². The van der Waals surface area contributed by atoms with E-state index in [-0.39, 0.29) is 0 Å². The first-order valence-electron chi connectivity index (χ1n) is 5.88. The zero-order valence-electron chi connectivity index (χ0n) is 10.2. The van der Waals surface area contributed by atoms with E-state index in [0.29, 0.717) is 5.92 Å². The number of H-pyrrole nitrogens is 1. The van der Waals surface area contributed by atoms with Gasteiger partial charge in [0.25, 0.3) is 0 Å². The maximum Gasteiger partial charge on any atom is 0.0456 e. The topological polar surface area (TPSA) is 15.8 Å². The minimum Gasteiger partial charge on any atom is -0.361 e. The Morgan fingerprint density at radius 3 is 2.60 bits per heavy atom.